The first kappa shape index (κ1) is 16.4. The summed E-state index contributed by atoms with van der Waals surface area (Å²) in [5.41, 5.74) is 2.37. The summed E-state index contributed by atoms with van der Waals surface area (Å²) in [7, 11) is 3.30. The first-order chi connectivity index (χ1) is 12.2. The quantitative estimate of drug-likeness (QED) is 0.912. The van der Waals surface area contributed by atoms with E-state index in [9.17, 15) is 4.79 Å². The number of rotatable bonds is 4. The Kier molecular flexibility index (Phi) is 4.39. The number of nitrogens with zero attached hydrogens (tertiary/aromatic N) is 1. The van der Waals surface area contributed by atoms with Gasteiger partial charge in [0.2, 0.25) is 5.91 Å². The van der Waals surface area contributed by atoms with E-state index in [1.165, 1.54) is 10.4 Å². The number of amides is 1. The molecule has 0 spiro atoms. The zero-order chi connectivity index (χ0) is 17.4. The molecule has 1 aromatic heterocycles. The van der Waals surface area contributed by atoms with Gasteiger partial charge in [0.05, 0.1) is 26.2 Å². The SMILES string of the molecule is COc1cc2c(cc1OC)C(c1cccs1)N(C(=O)C1CNC1)CC2. The number of hydrogen-bond donors (Lipinski definition) is 1. The topological polar surface area (TPSA) is 50.8 Å². The predicted molar refractivity (Wildman–Crippen MR) is 97.5 cm³/mol. The molecule has 0 radical (unpaired) electrons. The zero-order valence-electron chi connectivity index (χ0n) is 14.5. The van der Waals surface area contributed by atoms with E-state index >= 15 is 0 Å². The second-order valence-electron chi connectivity index (χ2n) is 6.46. The summed E-state index contributed by atoms with van der Waals surface area (Å²) in [6, 6.07) is 8.21. The Balaban J connectivity index is 1.79. The molecule has 5 nitrogen and oxygen atoms in total. The third-order valence-corrected chi connectivity index (χ3v) is 6.02. The summed E-state index contributed by atoms with van der Waals surface area (Å²) in [6.45, 7) is 2.30. The van der Waals surface area contributed by atoms with E-state index in [4.69, 9.17) is 9.47 Å². The molecular weight excluding hydrogens is 336 g/mol. The molecule has 132 valence electrons. The standard InChI is InChI=1S/C19H22N2O3S/c1-23-15-8-12-5-6-21(19(22)13-10-20-11-13)18(17-4-3-7-25-17)14(12)9-16(15)24-2/h3-4,7-9,13,18,20H,5-6,10-11H2,1-2H3. The summed E-state index contributed by atoms with van der Waals surface area (Å²) in [4.78, 5) is 16.2. The Morgan fingerprint density at radius 1 is 1.24 bits per heavy atom. The Morgan fingerprint density at radius 2 is 2.00 bits per heavy atom. The lowest BCUT2D eigenvalue weighted by atomic mass is 9.89. The second-order valence-corrected chi connectivity index (χ2v) is 7.44. The van der Waals surface area contributed by atoms with Crippen molar-refractivity contribution in [2.75, 3.05) is 33.9 Å². The maximum absolute atomic E-state index is 13.0. The van der Waals surface area contributed by atoms with Crippen LogP contribution in [0, 0.1) is 5.92 Å². The maximum Gasteiger partial charge on any atom is 0.229 e. The van der Waals surface area contributed by atoms with E-state index < -0.39 is 0 Å². The molecule has 4 rings (SSSR count). The number of hydrogen-bond acceptors (Lipinski definition) is 5. The third kappa shape index (κ3) is 2.79. The van der Waals surface area contributed by atoms with Gasteiger partial charge in [0.25, 0.3) is 0 Å². The van der Waals surface area contributed by atoms with E-state index in [0.29, 0.717) is 5.75 Å². The second kappa shape index (κ2) is 6.69. The molecule has 2 aromatic rings. The zero-order valence-corrected chi connectivity index (χ0v) is 15.3. The molecular formula is C19H22N2O3S. The van der Waals surface area contributed by atoms with Crippen molar-refractivity contribution in [3.05, 3.63) is 45.6 Å². The van der Waals surface area contributed by atoms with Crippen molar-refractivity contribution in [2.24, 2.45) is 5.92 Å². The molecule has 25 heavy (non-hydrogen) atoms. The van der Waals surface area contributed by atoms with Crippen molar-refractivity contribution in [3.8, 4) is 11.5 Å². The van der Waals surface area contributed by atoms with Crippen LogP contribution in [0.25, 0.3) is 0 Å². The minimum atomic E-state index is -0.0448. The van der Waals surface area contributed by atoms with Gasteiger partial charge in [0, 0.05) is 24.5 Å². The fourth-order valence-electron chi connectivity index (χ4n) is 3.63. The first-order valence-corrected chi connectivity index (χ1v) is 9.40. The number of ether oxygens (including phenoxy) is 2. The van der Waals surface area contributed by atoms with Gasteiger partial charge in [-0.15, -0.1) is 11.3 Å². The van der Waals surface area contributed by atoms with Gasteiger partial charge in [-0.05, 0) is 41.1 Å². The van der Waals surface area contributed by atoms with Crippen LogP contribution < -0.4 is 14.8 Å². The molecule has 0 bridgehead atoms. The van der Waals surface area contributed by atoms with Crippen LogP contribution in [0.5, 0.6) is 11.5 Å². The van der Waals surface area contributed by atoms with Crippen LogP contribution >= 0.6 is 11.3 Å². The van der Waals surface area contributed by atoms with E-state index in [2.05, 4.69) is 22.8 Å². The Hall–Kier alpha value is -2.05. The molecule has 2 aliphatic heterocycles. The van der Waals surface area contributed by atoms with E-state index in [-0.39, 0.29) is 17.9 Å². The van der Waals surface area contributed by atoms with Crippen LogP contribution in [0.1, 0.15) is 22.0 Å². The number of methoxy groups -OCH3 is 2. The average Bonchev–Trinajstić information content (AvgIpc) is 3.11. The van der Waals surface area contributed by atoms with Gasteiger partial charge >= 0.3 is 0 Å². The fourth-order valence-corrected chi connectivity index (χ4v) is 4.49. The number of thiophene rings is 1. The van der Waals surface area contributed by atoms with Gasteiger partial charge in [-0.3, -0.25) is 4.79 Å². The molecule has 1 N–H and O–H groups in total. The lowest BCUT2D eigenvalue weighted by Gasteiger charge is -2.41. The van der Waals surface area contributed by atoms with Gasteiger partial charge in [0.15, 0.2) is 11.5 Å². The number of carbonyl (C=O) groups is 1. The van der Waals surface area contributed by atoms with Crippen molar-refractivity contribution in [2.45, 2.75) is 12.5 Å². The fraction of sp³-hybridized carbons (Fsp3) is 0.421. The summed E-state index contributed by atoms with van der Waals surface area (Å²) >= 11 is 1.69. The van der Waals surface area contributed by atoms with E-state index in [0.717, 1.165) is 37.4 Å². The summed E-state index contributed by atoms with van der Waals surface area (Å²) < 4.78 is 11.0. The van der Waals surface area contributed by atoms with Crippen molar-refractivity contribution < 1.29 is 14.3 Å². The van der Waals surface area contributed by atoms with Gasteiger partial charge in [-0.2, -0.15) is 0 Å². The summed E-state index contributed by atoms with van der Waals surface area (Å²) in [5, 5.41) is 5.27. The van der Waals surface area contributed by atoms with Crippen molar-refractivity contribution >= 4 is 17.2 Å². The largest absolute Gasteiger partial charge is 0.493 e. The highest BCUT2D eigenvalue weighted by Crippen LogP contribution is 2.42. The Bertz CT molecular complexity index is 771. The lowest BCUT2D eigenvalue weighted by Crippen LogP contribution is -2.54. The molecule has 1 atom stereocenters. The highest BCUT2D eigenvalue weighted by molar-refractivity contribution is 7.10. The Labute approximate surface area is 151 Å². The third-order valence-electron chi connectivity index (χ3n) is 5.10. The molecule has 1 fully saturated rings. The van der Waals surface area contributed by atoms with Crippen molar-refractivity contribution in [1.82, 2.24) is 10.2 Å². The van der Waals surface area contributed by atoms with Gasteiger partial charge in [-0.25, -0.2) is 0 Å². The minimum absolute atomic E-state index is 0.0448. The minimum Gasteiger partial charge on any atom is -0.493 e. The van der Waals surface area contributed by atoms with E-state index in [1.54, 1.807) is 25.6 Å². The van der Waals surface area contributed by atoms with Crippen molar-refractivity contribution in [1.29, 1.82) is 0 Å². The highest BCUT2D eigenvalue weighted by Gasteiger charge is 2.38. The van der Waals surface area contributed by atoms with Crippen molar-refractivity contribution in [3.63, 3.8) is 0 Å². The monoisotopic (exact) mass is 358 g/mol. The summed E-state index contributed by atoms with van der Waals surface area (Å²) in [5.74, 6) is 1.80. The van der Waals surface area contributed by atoms with Gasteiger partial charge in [0.1, 0.15) is 0 Å². The normalized spacial score (nSPS) is 19.9. The van der Waals surface area contributed by atoms with E-state index in [1.807, 2.05) is 17.0 Å². The molecule has 1 aromatic carbocycles. The number of nitrogens with one attached hydrogen (secondary N) is 1. The first-order valence-electron chi connectivity index (χ1n) is 8.52. The molecule has 2 aliphatic rings. The molecule has 1 amide bonds. The molecule has 1 unspecified atom stereocenters. The molecule has 0 saturated carbocycles. The number of carbonyl (C=O) groups excluding carboxylic acids is 1. The molecule has 6 heteroatoms. The average molecular weight is 358 g/mol. The van der Waals surface area contributed by atoms with Crippen LogP contribution in [0.2, 0.25) is 0 Å². The molecule has 1 saturated heterocycles. The van der Waals surface area contributed by atoms with Gasteiger partial charge < -0.3 is 19.7 Å². The van der Waals surface area contributed by atoms with Crippen LogP contribution in [-0.4, -0.2) is 44.7 Å². The van der Waals surface area contributed by atoms with Crippen LogP contribution in [0.4, 0.5) is 0 Å². The maximum atomic E-state index is 13.0. The number of fused-ring (bicyclic) bond motifs is 1. The summed E-state index contributed by atoms with van der Waals surface area (Å²) in [6.07, 6.45) is 0.837. The van der Waals surface area contributed by atoms with Crippen LogP contribution in [-0.2, 0) is 11.2 Å². The molecule has 0 aliphatic carbocycles. The number of benzene rings is 1. The van der Waals surface area contributed by atoms with Gasteiger partial charge in [-0.1, -0.05) is 6.07 Å². The molecule has 3 heterocycles. The van der Waals surface area contributed by atoms with Crippen LogP contribution in [0.15, 0.2) is 29.6 Å². The Morgan fingerprint density at radius 3 is 2.60 bits per heavy atom. The van der Waals surface area contributed by atoms with Crippen LogP contribution in [0.3, 0.4) is 0 Å². The lowest BCUT2D eigenvalue weighted by molar-refractivity contribution is -0.139. The smallest absolute Gasteiger partial charge is 0.229 e. The highest BCUT2D eigenvalue weighted by atomic mass is 32.1. The predicted octanol–water partition coefficient (Wildman–Crippen LogP) is 2.46.